The number of amides is 1. The number of aliphatic carboxylic acids is 2. The summed E-state index contributed by atoms with van der Waals surface area (Å²) >= 11 is 0. The van der Waals surface area contributed by atoms with Crippen LogP contribution in [0.2, 0.25) is 0 Å². The van der Waals surface area contributed by atoms with E-state index >= 15 is 0 Å². The molecule has 0 fully saturated rings. The molecule has 0 radical (unpaired) electrons. The SMILES string of the molecule is Cc1ncccc1C(=O)N[C@@H](CCC(=O)O)C(=O)O. The number of aryl methyl sites for hydroxylation is 1. The lowest BCUT2D eigenvalue weighted by atomic mass is 10.1. The van der Waals surface area contributed by atoms with Gasteiger partial charge in [0.15, 0.2) is 0 Å². The van der Waals surface area contributed by atoms with Gasteiger partial charge in [-0.2, -0.15) is 0 Å². The van der Waals surface area contributed by atoms with Crippen molar-refractivity contribution in [1.82, 2.24) is 10.3 Å². The average Bonchev–Trinajstić information content (AvgIpc) is 2.34. The van der Waals surface area contributed by atoms with Gasteiger partial charge in [-0.3, -0.25) is 14.6 Å². The number of nitrogens with zero attached hydrogens (tertiary/aromatic N) is 1. The Morgan fingerprint density at radius 3 is 2.58 bits per heavy atom. The lowest BCUT2D eigenvalue weighted by Gasteiger charge is -2.14. The van der Waals surface area contributed by atoms with Crippen LogP contribution in [-0.2, 0) is 9.59 Å². The van der Waals surface area contributed by atoms with Crippen LogP contribution >= 0.6 is 0 Å². The second-order valence-electron chi connectivity index (χ2n) is 3.93. The highest BCUT2D eigenvalue weighted by Crippen LogP contribution is 2.05. The van der Waals surface area contributed by atoms with Crippen molar-refractivity contribution in [1.29, 1.82) is 0 Å². The van der Waals surface area contributed by atoms with E-state index in [0.29, 0.717) is 5.69 Å². The van der Waals surface area contributed by atoms with Crippen LogP contribution in [0, 0.1) is 6.92 Å². The van der Waals surface area contributed by atoms with Crippen molar-refractivity contribution in [3.8, 4) is 0 Å². The average molecular weight is 266 g/mol. The fourth-order valence-corrected chi connectivity index (χ4v) is 1.49. The maximum atomic E-state index is 11.9. The molecule has 1 heterocycles. The Kier molecular flexibility index (Phi) is 4.99. The summed E-state index contributed by atoms with van der Waals surface area (Å²) in [6.45, 7) is 1.63. The molecule has 0 aromatic carbocycles. The molecule has 1 aromatic rings. The van der Waals surface area contributed by atoms with Crippen LogP contribution in [0.25, 0.3) is 0 Å². The maximum absolute atomic E-state index is 11.9. The number of hydrogen-bond donors (Lipinski definition) is 3. The first-order valence-electron chi connectivity index (χ1n) is 5.59. The van der Waals surface area contributed by atoms with Gasteiger partial charge in [0.05, 0.1) is 5.56 Å². The highest BCUT2D eigenvalue weighted by atomic mass is 16.4. The van der Waals surface area contributed by atoms with E-state index in [1.807, 2.05) is 0 Å². The number of carboxylic acids is 2. The van der Waals surface area contributed by atoms with Crippen LogP contribution in [0.3, 0.4) is 0 Å². The molecule has 1 rings (SSSR count). The molecule has 19 heavy (non-hydrogen) atoms. The number of hydrogen-bond acceptors (Lipinski definition) is 4. The smallest absolute Gasteiger partial charge is 0.326 e. The number of carbonyl (C=O) groups excluding carboxylic acids is 1. The molecular weight excluding hydrogens is 252 g/mol. The largest absolute Gasteiger partial charge is 0.481 e. The van der Waals surface area contributed by atoms with Crippen LogP contribution in [0.15, 0.2) is 18.3 Å². The van der Waals surface area contributed by atoms with Crippen molar-refractivity contribution < 1.29 is 24.6 Å². The minimum atomic E-state index is -1.27. The van der Waals surface area contributed by atoms with Crippen molar-refractivity contribution >= 4 is 17.8 Å². The van der Waals surface area contributed by atoms with E-state index in [9.17, 15) is 14.4 Å². The first kappa shape index (κ1) is 14.6. The molecule has 0 aliphatic rings. The van der Waals surface area contributed by atoms with Crippen molar-refractivity contribution in [2.24, 2.45) is 0 Å². The summed E-state index contributed by atoms with van der Waals surface area (Å²) in [5, 5.41) is 19.7. The Morgan fingerprint density at radius 1 is 1.37 bits per heavy atom. The molecule has 3 N–H and O–H groups in total. The number of carboxylic acid groups (broad SMARTS) is 2. The molecule has 0 bridgehead atoms. The second kappa shape index (κ2) is 6.48. The summed E-state index contributed by atoms with van der Waals surface area (Å²) < 4.78 is 0. The number of aromatic nitrogens is 1. The first-order valence-corrected chi connectivity index (χ1v) is 5.59. The zero-order chi connectivity index (χ0) is 14.4. The second-order valence-corrected chi connectivity index (χ2v) is 3.93. The highest BCUT2D eigenvalue weighted by molar-refractivity contribution is 5.97. The third kappa shape index (κ3) is 4.38. The summed E-state index contributed by atoms with van der Waals surface area (Å²) in [5.74, 6) is -2.96. The number of nitrogens with one attached hydrogen (secondary N) is 1. The predicted molar refractivity (Wildman–Crippen MR) is 64.7 cm³/mol. The van der Waals surface area contributed by atoms with Gasteiger partial charge in [-0.05, 0) is 25.5 Å². The van der Waals surface area contributed by atoms with Crippen molar-refractivity contribution in [2.75, 3.05) is 0 Å². The van der Waals surface area contributed by atoms with Crippen molar-refractivity contribution in [2.45, 2.75) is 25.8 Å². The summed E-state index contributed by atoms with van der Waals surface area (Å²) in [6.07, 6.45) is 1.02. The topological polar surface area (TPSA) is 117 Å². The third-order valence-corrected chi connectivity index (χ3v) is 2.50. The normalized spacial score (nSPS) is 11.6. The highest BCUT2D eigenvalue weighted by Gasteiger charge is 2.22. The lowest BCUT2D eigenvalue weighted by molar-refractivity contribution is -0.140. The molecule has 0 aliphatic heterocycles. The van der Waals surface area contributed by atoms with E-state index in [4.69, 9.17) is 10.2 Å². The van der Waals surface area contributed by atoms with Crippen LogP contribution < -0.4 is 5.32 Å². The standard InChI is InChI=1S/C12H14N2O5/c1-7-8(3-2-6-13-7)11(17)14-9(12(18)19)4-5-10(15)16/h2-3,6,9H,4-5H2,1H3,(H,14,17)(H,15,16)(H,18,19)/t9-/m0/s1. The van der Waals surface area contributed by atoms with E-state index in [2.05, 4.69) is 10.3 Å². The van der Waals surface area contributed by atoms with Gasteiger partial charge in [0.2, 0.25) is 0 Å². The molecule has 0 spiro atoms. The van der Waals surface area contributed by atoms with E-state index in [0.717, 1.165) is 0 Å². The van der Waals surface area contributed by atoms with Gasteiger partial charge in [-0.15, -0.1) is 0 Å². The molecule has 7 nitrogen and oxygen atoms in total. The molecular formula is C12H14N2O5. The van der Waals surface area contributed by atoms with Gasteiger partial charge in [0, 0.05) is 18.3 Å². The Balaban J connectivity index is 2.74. The van der Waals surface area contributed by atoms with Crippen LogP contribution in [0.1, 0.15) is 28.9 Å². The molecule has 7 heteroatoms. The number of carbonyl (C=O) groups is 3. The molecule has 0 aliphatic carbocycles. The molecule has 1 atom stereocenters. The Bertz CT molecular complexity index is 501. The molecule has 1 aromatic heterocycles. The summed E-state index contributed by atoms with van der Waals surface area (Å²) in [6, 6.07) is 1.85. The monoisotopic (exact) mass is 266 g/mol. The third-order valence-electron chi connectivity index (χ3n) is 2.50. The Labute approximate surface area is 109 Å². The van der Waals surface area contributed by atoms with Gasteiger partial charge >= 0.3 is 11.9 Å². The van der Waals surface area contributed by atoms with E-state index in [-0.39, 0.29) is 18.4 Å². The van der Waals surface area contributed by atoms with E-state index in [1.54, 1.807) is 13.0 Å². The summed E-state index contributed by atoms with van der Waals surface area (Å²) in [7, 11) is 0. The minimum absolute atomic E-state index is 0.171. The molecule has 0 saturated heterocycles. The Hall–Kier alpha value is -2.44. The fourth-order valence-electron chi connectivity index (χ4n) is 1.49. The van der Waals surface area contributed by atoms with Crippen molar-refractivity contribution in [3.63, 3.8) is 0 Å². The predicted octanol–water partition coefficient (Wildman–Crippen LogP) is 0.438. The van der Waals surface area contributed by atoms with Gasteiger partial charge in [-0.1, -0.05) is 0 Å². The van der Waals surface area contributed by atoms with Gasteiger partial charge < -0.3 is 15.5 Å². The fraction of sp³-hybridized carbons (Fsp3) is 0.333. The van der Waals surface area contributed by atoms with Gasteiger partial charge in [0.1, 0.15) is 6.04 Å². The lowest BCUT2D eigenvalue weighted by Crippen LogP contribution is -2.41. The van der Waals surface area contributed by atoms with Crippen LogP contribution in [0.4, 0.5) is 0 Å². The quantitative estimate of drug-likeness (QED) is 0.687. The van der Waals surface area contributed by atoms with Crippen LogP contribution in [0.5, 0.6) is 0 Å². The molecule has 102 valence electrons. The molecule has 1 amide bonds. The number of pyridine rings is 1. The van der Waals surface area contributed by atoms with Crippen molar-refractivity contribution in [3.05, 3.63) is 29.6 Å². The maximum Gasteiger partial charge on any atom is 0.326 e. The van der Waals surface area contributed by atoms with Crippen LogP contribution in [-0.4, -0.2) is 39.1 Å². The van der Waals surface area contributed by atoms with Gasteiger partial charge in [0.25, 0.3) is 5.91 Å². The van der Waals surface area contributed by atoms with E-state index in [1.165, 1.54) is 12.3 Å². The number of rotatable bonds is 6. The van der Waals surface area contributed by atoms with E-state index < -0.39 is 23.9 Å². The Morgan fingerprint density at radius 2 is 2.05 bits per heavy atom. The first-order chi connectivity index (χ1) is 8.91. The zero-order valence-corrected chi connectivity index (χ0v) is 10.3. The minimum Gasteiger partial charge on any atom is -0.481 e. The molecule has 0 saturated carbocycles. The van der Waals surface area contributed by atoms with Gasteiger partial charge in [-0.25, -0.2) is 4.79 Å². The zero-order valence-electron chi connectivity index (χ0n) is 10.3. The summed E-state index contributed by atoms with van der Waals surface area (Å²) in [5.41, 5.74) is 0.742. The molecule has 0 unspecified atom stereocenters. The summed E-state index contributed by atoms with van der Waals surface area (Å²) in [4.78, 5) is 37.1.